The highest BCUT2D eigenvalue weighted by atomic mass is 19.2. The Hall–Kier alpha value is -2.03. The Labute approximate surface area is 125 Å². The fraction of sp³-hybridized carbons (Fsp3) is 0.438. The molecule has 1 saturated carbocycles. The van der Waals surface area contributed by atoms with Crippen molar-refractivity contribution in [2.45, 2.75) is 27.4 Å². The van der Waals surface area contributed by atoms with Crippen molar-refractivity contribution in [2.24, 2.45) is 17.3 Å². The topological polar surface area (TPSA) is 26.3 Å². The van der Waals surface area contributed by atoms with E-state index in [4.69, 9.17) is 11.2 Å². The summed E-state index contributed by atoms with van der Waals surface area (Å²) in [6, 6.07) is 0. The summed E-state index contributed by atoms with van der Waals surface area (Å²) in [6.45, 7) is 3.54. The van der Waals surface area contributed by atoms with Gasteiger partial charge in [-0.3, -0.25) is 4.79 Å². The van der Waals surface area contributed by atoms with E-state index in [1.807, 2.05) is 0 Å². The van der Waals surface area contributed by atoms with Crippen molar-refractivity contribution in [1.82, 2.24) is 0 Å². The third kappa shape index (κ3) is 2.35. The number of rotatable bonds is 3. The number of esters is 1. The van der Waals surface area contributed by atoms with E-state index in [1.54, 1.807) is 13.8 Å². The van der Waals surface area contributed by atoms with Crippen LogP contribution in [0.15, 0.2) is 0 Å². The van der Waals surface area contributed by atoms with Gasteiger partial charge in [0, 0.05) is 11.5 Å². The number of hydrogen-bond donors (Lipinski definition) is 0. The standard InChI is InChI=1S/C16H14F4O2/c1-5-9-10(16(9,3)4)15(21)22-6-8-13(19)11(17)7(2)12(18)14(8)20/h1,9-10H,6H2,2-4H3/t9-,10+/m1/s1. The minimum Gasteiger partial charge on any atom is -0.460 e. The van der Waals surface area contributed by atoms with Gasteiger partial charge in [0.2, 0.25) is 0 Å². The molecule has 1 fully saturated rings. The van der Waals surface area contributed by atoms with Gasteiger partial charge in [0.25, 0.3) is 0 Å². The molecule has 2 atom stereocenters. The second-order valence-corrected chi connectivity index (χ2v) is 5.91. The first kappa shape index (κ1) is 16.3. The molecule has 1 aliphatic carbocycles. The van der Waals surface area contributed by atoms with Gasteiger partial charge in [-0.1, -0.05) is 13.8 Å². The zero-order valence-electron chi connectivity index (χ0n) is 12.3. The van der Waals surface area contributed by atoms with E-state index in [0.29, 0.717) is 0 Å². The van der Waals surface area contributed by atoms with Crippen molar-refractivity contribution in [3.63, 3.8) is 0 Å². The molecule has 0 radical (unpaired) electrons. The van der Waals surface area contributed by atoms with Crippen LogP contribution in [0.1, 0.15) is 25.0 Å². The molecule has 118 valence electrons. The third-order valence-corrected chi connectivity index (χ3v) is 4.19. The van der Waals surface area contributed by atoms with Gasteiger partial charge in [-0.15, -0.1) is 12.3 Å². The molecule has 0 spiro atoms. The normalized spacial score (nSPS) is 22.1. The fourth-order valence-electron chi connectivity index (χ4n) is 2.54. The molecule has 0 aromatic heterocycles. The summed E-state index contributed by atoms with van der Waals surface area (Å²) in [5.74, 6) is -5.36. The van der Waals surface area contributed by atoms with E-state index in [9.17, 15) is 22.4 Å². The second kappa shape index (κ2) is 5.31. The van der Waals surface area contributed by atoms with Crippen LogP contribution in [-0.2, 0) is 16.1 Å². The van der Waals surface area contributed by atoms with Gasteiger partial charge >= 0.3 is 5.97 Å². The summed E-state index contributed by atoms with van der Waals surface area (Å²) in [5, 5.41) is 0. The first-order valence-corrected chi connectivity index (χ1v) is 6.58. The Kier molecular flexibility index (Phi) is 3.94. The van der Waals surface area contributed by atoms with Crippen LogP contribution in [0, 0.1) is 59.8 Å². The Morgan fingerprint density at radius 2 is 1.68 bits per heavy atom. The molecule has 1 aliphatic rings. The maximum absolute atomic E-state index is 13.7. The molecule has 22 heavy (non-hydrogen) atoms. The van der Waals surface area contributed by atoms with Crippen LogP contribution in [-0.4, -0.2) is 5.97 Å². The first-order valence-electron chi connectivity index (χ1n) is 6.58. The smallest absolute Gasteiger partial charge is 0.311 e. The molecular weight excluding hydrogens is 300 g/mol. The summed E-state index contributed by atoms with van der Waals surface area (Å²) >= 11 is 0. The van der Waals surface area contributed by atoms with Gasteiger partial charge in [-0.05, 0) is 12.3 Å². The lowest BCUT2D eigenvalue weighted by atomic mass is 10.1. The number of carbonyl (C=O) groups is 1. The van der Waals surface area contributed by atoms with Crippen LogP contribution >= 0.6 is 0 Å². The third-order valence-electron chi connectivity index (χ3n) is 4.19. The van der Waals surface area contributed by atoms with Crippen molar-refractivity contribution >= 4 is 5.97 Å². The molecule has 1 aromatic carbocycles. The summed E-state index contributed by atoms with van der Waals surface area (Å²) < 4.78 is 58.9. The molecule has 6 heteroatoms. The highest BCUT2D eigenvalue weighted by molar-refractivity contribution is 5.78. The maximum atomic E-state index is 13.7. The quantitative estimate of drug-likeness (QED) is 0.369. The first-order chi connectivity index (χ1) is 10.1. The zero-order chi connectivity index (χ0) is 16.8. The van der Waals surface area contributed by atoms with Crippen molar-refractivity contribution in [3.8, 4) is 12.3 Å². The lowest BCUT2D eigenvalue weighted by Gasteiger charge is -2.10. The average molecular weight is 314 g/mol. The summed E-state index contributed by atoms with van der Waals surface area (Å²) in [7, 11) is 0. The van der Waals surface area contributed by atoms with Gasteiger partial charge in [-0.2, -0.15) is 0 Å². The Morgan fingerprint density at radius 3 is 2.09 bits per heavy atom. The van der Waals surface area contributed by atoms with Crippen molar-refractivity contribution < 1.29 is 27.1 Å². The number of carbonyl (C=O) groups excluding carboxylic acids is 1. The van der Waals surface area contributed by atoms with Crippen LogP contribution in [0.25, 0.3) is 0 Å². The molecule has 2 nitrogen and oxygen atoms in total. The summed E-state index contributed by atoms with van der Waals surface area (Å²) in [5.41, 5.74) is -2.18. The summed E-state index contributed by atoms with van der Waals surface area (Å²) in [6.07, 6.45) is 5.27. The monoisotopic (exact) mass is 314 g/mol. The lowest BCUT2D eigenvalue weighted by Crippen LogP contribution is -2.14. The van der Waals surface area contributed by atoms with Gasteiger partial charge in [0.1, 0.15) is 6.61 Å². The number of benzene rings is 1. The molecule has 0 saturated heterocycles. The molecular formula is C16H14F4O2. The highest BCUT2D eigenvalue weighted by Crippen LogP contribution is 2.58. The maximum Gasteiger partial charge on any atom is 0.311 e. The van der Waals surface area contributed by atoms with Crippen LogP contribution in [0.4, 0.5) is 17.6 Å². The number of hydrogen-bond acceptors (Lipinski definition) is 2. The van der Waals surface area contributed by atoms with Gasteiger partial charge < -0.3 is 4.74 Å². The SMILES string of the molecule is C#C[C@@H]1[C@@H](C(=O)OCc2c(F)c(F)c(C)c(F)c2F)C1(C)C. The van der Waals surface area contributed by atoms with Crippen molar-refractivity contribution in [1.29, 1.82) is 0 Å². The summed E-state index contributed by atoms with van der Waals surface area (Å²) in [4.78, 5) is 11.9. The van der Waals surface area contributed by atoms with E-state index < -0.39 is 58.3 Å². The predicted octanol–water partition coefficient (Wildman–Crippen LogP) is 3.50. The lowest BCUT2D eigenvalue weighted by molar-refractivity contribution is -0.147. The Morgan fingerprint density at radius 1 is 1.18 bits per heavy atom. The van der Waals surface area contributed by atoms with Crippen molar-refractivity contribution in [3.05, 3.63) is 34.4 Å². The number of terminal acetylenes is 1. The van der Waals surface area contributed by atoms with Crippen LogP contribution in [0.2, 0.25) is 0 Å². The number of halogens is 4. The van der Waals surface area contributed by atoms with Gasteiger partial charge in [0.05, 0.1) is 11.5 Å². The van der Waals surface area contributed by atoms with Crippen LogP contribution in [0.3, 0.4) is 0 Å². The molecule has 2 rings (SSSR count). The zero-order valence-corrected chi connectivity index (χ0v) is 12.3. The molecule has 0 N–H and O–H groups in total. The van der Waals surface area contributed by atoms with E-state index in [0.717, 1.165) is 6.92 Å². The Balaban J connectivity index is 2.17. The van der Waals surface area contributed by atoms with Crippen LogP contribution < -0.4 is 0 Å². The molecule has 0 bridgehead atoms. The van der Waals surface area contributed by atoms with Crippen LogP contribution in [0.5, 0.6) is 0 Å². The van der Waals surface area contributed by atoms with Gasteiger partial charge in [-0.25, -0.2) is 17.6 Å². The van der Waals surface area contributed by atoms with E-state index in [1.165, 1.54) is 0 Å². The molecule has 0 aliphatic heterocycles. The van der Waals surface area contributed by atoms with E-state index >= 15 is 0 Å². The Bertz CT molecular complexity index is 659. The van der Waals surface area contributed by atoms with Gasteiger partial charge in [0.15, 0.2) is 23.3 Å². The molecule has 0 amide bonds. The molecule has 1 aromatic rings. The minimum atomic E-state index is -1.56. The predicted molar refractivity (Wildman–Crippen MR) is 70.4 cm³/mol. The van der Waals surface area contributed by atoms with E-state index in [2.05, 4.69) is 5.92 Å². The van der Waals surface area contributed by atoms with Crippen molar-refractivity contribution in [2.75, 3.05) is 0 Å². The molecule has 0 unspecified atom stereocenters. The second-order valence-electron chi connectivity index (χ2n) is 5.91. The fourth-order valence-corrected chi connectivity index (χ4v) is 2.54. The van der Waals surface area contributed by atoms with E-state index in [-0.39, 0.29) is 5.92 Å². The average Bonchev–Trinajstić information content (AvgIpc) is 3.04. The number of ether oxygens (including phenoxy) is 1. The largest absolute Gasteiger partial charge is 0.460 e. The minimum absolute atomic E-state index is 0.332. The molecule has 0 heterocycles. The highest BCUT2D eigenvalue weighted by Gasteiger charge is 2.62.